The van der Waals surface area contributed by atoms with Crippen LogP contribution >= 0.6 is 10.9 Å². The first-order valence-corrected chi connectivity index (χ1v) is 29.9. The molecule has 0 amide bonds. The normalized spacial score (nSPS) is 20.2. The molecule has 0 fully saturated rings. The van der Waals surface area contributed by atoms with Crippen molar-refractivity contribution in [2.75, 3.05) is 24.2 Å². The molecule has 68 heavy (non-hydrogen) atoms. The summed E-state index contributed by atoms with van der Waals surface area (Å²) < 4.78 is 162. The van der Waals surface area contributed by atoms with Crippen molar-refractivity contribution in [2.24, 2.45) is 0 Å². The van der Waals surface area contributed by atoms with Crippen molar-refractivity contribution in [1.29, 1.82) is 0 Å². The number of hydrogen-bond acceptors (Lipinski definition) is 12. The Kier molecular flexibility index (Phi) is 13.7. The minimum absolute atomic E-state index is 0.0396. The Hall–Kier alpha value is -4.00. The second-order valence-corrected chi connectivity index (χ2v) is 27.8. The molecule has 0 spiro atoms. The van der Waals surface area contributed by atoms with Crippen molar-refractivity contribution in [2.45, 2.75) is 118 Å². The molecule has 16 nitrogen and oxygen atoms in total. The zero-order valence-electron chi connectivity index (χ0n) is 38.8. The van der Waals surface area contributed by atoms with E-state index in [1.165, 1.54) is 44.4 Å². The zero-order chi connectivity index (χ0) is 50.3. The third-order valence-corrected chi connectivity index (χ3v) is 19.4. The molecule has 21 heteroatoms. The fourth-order valence-electron chi connectivity index (χ4n) is 10.4. The number of anilines is 1. The Bertz CT molecular complexity index is 3350. The first-order chi connectivity index (χ1) is 31.2. The van der Waals surface area contributed by atoms with Crippen LogP contribution < -0.4 is 4.90 Å². The molecule has 1 aliphatic carbocycles. The van der Waals surface area contributed by atoms with Crippen LogP contribution in [0.25, 0.3) is 21.5 Å². The highest BCUT2D eigenvalue weighted by atomic mass is 32.3. The van der Waals surface area contributed by atoms with Crippen LogP contribution in [0.5, 0.6) is 0 Å². The van der Waals surface area contributed by atoms with Gasteiger partial charge in [-0.1, -0.05) is 43.7 Å². The second-order valence-electron chi connectivity index (χ2n) is 19.2. The number of nitrogens with zero attached hydrogens (tertiary/aromatic N) is 2. The van der Waals surface area contributed by atoms with Gasteiger partial charge in [0.15, 0.2) is 15.5 Å². The van der Waals surface area contributed by atoms with E-state index in [9.17, 15) is 61.0 Å². The summed E-state index contributed by atoms with van der Waals surface area (Å²) in [5.41, 5.74) is 4.53. The molecule has 2 aliphatic heterocycles. The van der Waals surface area contributed by atoms with E-state index in [2.05, 4.69) is 0 Å². The van der Waals surface area contributed by atoms with Crippen molar-refractivity contribution >= 4 is 89.7 Å². The van der Waals surface area contributed by atoms with E-state index in [0.29, 0.717) is 70.8 Å². The minimum Gasteiger partial charge on any atom is -0.344 e. The Morgan fingerprint density at radius 1 is 0.676 bits per heavy atom. The van der Waals surface area contributed by atoms with E-state index >= 15 is 0 Å². The first-order valence-electron chi connectivity index (χ1n) is 22.0. The summed E-state index contributed by atoms with van der Waals surface area (Å²) in [6.07, 6.45) is 7.19. The van der Waals surface area contributed by atoms with Crippen LogP contribution in [0.2, 0.25) is 0 Å². The molecule has 370 valence electrons. The maximum Gasteiger partial charge on any atom is 0.294 e. The number of rotatable bonds is 15. The van der Waals surface area contributed by atoms with Crippen molar-refractivity contribution in [3.63, 3.8) is 0 Å². The summed E-state index contributed by atoms with van der Waals surface area (Å²) in [4.78, 5) is 1.82. The minimum atomic E-state index is -4.50. The van der Waals surface area contributed by atoms with Gasteiger partial charge in [-0.05, 0) is 135 Å². The average molecular weight is 1040 g/mol. The predicted molar refractivity (Wildman–Crippen MR) is 267 cm³/mol. The van der Waals surface area contributed by atoms with Gasteiger partial charge in [0.2, 0.25) is 5.69 Å². The molecule has 2 unspecified atom stereocenters. The SMILES string of the molecule is CC(CCN1/C(=C/C=C2\CCCC(CCC3=[N+](CCC(C)S(=O)(=O)O)c4ccc5cc(S(O)(O)O)ccc5c4C3(C)C)=C2S(C)(=O)=O)C(C)(C)c2c1ccc1cc(S(=O)(=O)O)ccc21)S(=O)(=O)O. The van der Waals surface area contributed by atoms with E-state index in [4.69, 9.17) is 0 Å². The number of fused-ring (bicyclic) bond motifs is 6. The number of benzene rings is 4. The second kappa shape index (κ2) is 18.0. The standard InChI is InChI=1S/C47H58N2O14S5/c1-29(65(52,53)54)23-25-48-39-19-11-33-27-35(67(58,59)60)15-17-37(33)43(39)46(3,4)41(48)21-13-31-9-8-10-32(45(31)64(7,50)51)14-22-42-47(5,6)44-38-18-16-36(68(61,62)63)28-34(38)12-20-40(44)49(42)26-24-30(2)66(55,56)57/h11-13,15-21,27-30H,8-10,14,22-26H2,1-7H3,(H5-,52,53,54,55,56,57,58,59,60,61,62,63)/p+1/b31-13+,41-21+. The molecular formula is C47H59N2O14S5+. The van der Waals surface area contributed by atoms with Gasteiger partial charge in [0.05, 0.1) is 30.6 Å². The third-order valence-electron chi connectivity index (χ3n) is 13.9. The number of allylic oxidation sites excluding steroid dienone is 5. The summed E-state index contributed by atoms with van der Waals surface area (Å²) in [7, 11) is -21.1. The van der Waals surface area contributed by atoms with E-state index in [1.54, 1.807) is 36.4 Å². The molecule has 0 saturated carbocycles. The molecule has 0 bridgehead atoms. The molecule has 0 saturated heterocycles. The monoisotopic (exact) mass is 1040 g/mol. The lowest BCUT2D eigenvalue weighted by atomic mass is 9.77. The Morgan fingerprint density at radius 2 is 1.25 bits per heavy atom. The summed E-state index contributed by atoms with van der Waals surface area (Å²) in [5.74, 6) is 0. The van der Waals surface area contributed by atoms with Crippen LogP contribution in [0.4, 0.5) is 11.4 Å². The maximum atomic E-state index is 14.0. The fraction of sp³-hybridized carbons (Fsp3) is 0.426. The molecular weight excluding hydrogens is 977 g/mol. The summed E-state index contributed by atoms with van der Waals surface area (Å²) >= 11 is 0. The van der Waals surface area contributed by atoms with Gasteiger partial charge in [0, 0.05) is 54.1 Å². The van der Waals surface area contributed by atoms with Crippen LogP contribution in [-0.2, 0) is 51.0 Å². The van der Waals surface area contributed by atoms with Gasteiger partial charge >= 0.3 is 0 Å². The Balaban J connectivity index is 1.31. The first kappa shape index (κ1) is 51.8. The molecule has 4 aromatic carbocycles. The molecule has 0 radical (unpaired) electrons. The largest absolute Gasteiger partial charge is 0.344 e. The van der Waals surface area contributed by atoms with Gasteiger partial charge < -0.3 is 18.6 Å². The molecule has 3 aliphatic rings. The van der Waals surface area contributed by atoms with E-state index in [-0.39, 0.29) is 40.6 Å². The molecule has 6 N–H and O–H groups in total. The maximum absolute atomic E-state index is 14.0. The van der Waals surface area contributed by atoms with Gasteiger partial charge in [-0.15, -0.1) is 0 Å². The summed E-state index contributed by atoms with van der Waals surface area (Å²) in [5, 5.41) is 0.450. The predicted octanol–water partition coefficient (Wildman–Crippen LogP) is 9.40. The molecule has 2 heterocycles. The highest BCUT2D eigenvalue weighted by Crippen LogP contribution is 2.52. The average Bonchev–Trinajstić information content (AvgIpc) is 3.58. The third kappa shape index (κ3) is 9.99. The highest BCUT2D eigenvalue weighted by molar-refractivity contribution is 8.19. The number of sulfone groups is 1. The Labute approximate surface area is 400 Å². The van der Waals surface area contributed by atoms with Crippen LogP contribution in [0.3, 0.4) is 0 Å². The van der Waals surface area contributed by atoms with Gasteiger partial charge in [0.1, 0.15) is 17.4 Å². The van der Waals surface area contributed by atoms with Crippen LogP contribution in [0, 0.1) is 0 Å². The number of hydrogen-bond donors (Lipinski definition) is 6. The fourth-order valence-corrected chi connectivity index (χ4v) is 13.6. The van der Waals surface area contributed by atoms with E-state index in [1.807, 2.05) is 49.3 Å². The van der Waals surface area contributed by atoms with E-state index in [0.717, 1.165) is 27.9 Å². The van der Waals surface area contributed by atoms with Gasteiger partial charge in [-0.25, -0.2) is 8.42 Å². The lowest BCUT2D eigenvalue weighted by Gasteiger charge is -2.28. The smallest absolute Gasteiger partial charge is 0.294 e. The molecule has 7 rings (SSSR count). The summed E-state index contributed by atoms with van der Waals surface area (Å²) in [6.45, 7) is 11.2. The van der Waals surface area contributed by atoms with Gasteiger partial charge in [-0.3, -0.25) is 13.7 Å². The van der Waals surface area contributed by atoms with Crippen LogP contribution in [-0.4, -0.2) is 101 Å². The van der Waals surface area contributed by atoms with Gasteiger partial charge in [-0.2, -0.15) is 29.8 Å². The lowest BCUT2D eigenvalue weighted by Crippen LogP contribution is -2.31. The molecule has 0 aromatic heterocycles. The van der Waals surface area contributed by atoms with Crippen molar-refractivity contribution in [3.05, 3.63) is 106 Å². The van der Waals surface area contributed by atoms with E-state index < -0.39 is 72.4 Å². The topological polar surface area (TPSA) is 264 Å². The van der Waals surface area contributed by atoms with Crippen molar-refractivity contribution < 1.29 is 65.6 Å². The molecule has 2 atom stereocenters. The zero-order valence-corrected chi connectivity index (χ0v) is 42.9. The summed E-state index contributed by atoms with van der Waals surface area (Å²) in [6, 6.07) is 16.1. The van der Waals surface area contributed by atoms with Crippen LogP contribution in [0.15, 0.2) is 104 Å². The highest BCUT2D eigenvalue weighted by Gasteiger charge is 2.47. The Morgan fingerprint density at radius 3 is 1.84 bits per heavy atom. The quantitative estimate of drug-likeness (QED) is 0.0478. The van der Waals surface area contributed by atoms with Crippen molar-refractivity contribution in [3.8, 4) is 0 Å². The molecule has 4 aromatic rings. The lowest BCUT2D eigenvalue weighted by molar-refractivity contribution is -0.440. The van der Waals surface area contributed by atoms with Gasteiger partial charge in [0.25, 0.3) is 30.4 Å². The van der Waals surface area contributed by atoms with Crippen molar-refractivity contribution in [1.82, 2.24) is 0 Å². The van der Waals surface area contributed by atoms with Crippen LogP contribution in [0.1, 0.15) is 97.6 Å².